The van der Waals surface area contributed by atoms with E-state index in [9.17, 15) is 19.5 Å². The maximum Gasteiger partial charge on any atom is 0.352 e. The van der Waals surface area contributed by atoms with Crippen LogP contribution in [0.1, 0.15) is 11.3 Å². The number of fused-ring (bicyclic) bond motifs is 1. The maximum absolute atomic E-state index is 12.9. The van der Waals surface area contributed by atoms with Crippen LogP contribution < -0.4 is 11.1 Å². The van der Waals surface area contributed by atoms with Crippen molar-refractivity contribution >= 4 is 51.7 Å². The molecule has 0 radical (unpaired) electrons. The molecule has 2 aliphatic heterocycles. The van der Waals surface area contributed by atoms with Crippen molar-refractivity contribution in [3.8, 4) is 0 Å². The molecule has 31 heavy (non-hydrogen) atoms. The number of nitrogens with one attached hydrogen (secondary N) is 1. The molecule has 2 aliphatic rings. The van der Waals surface area contributed by atoms with Gasteiger partial charge in [0.1, 0.15) is 29.4 Å². The number of benzene rings is 1. The van der Waals surface area contributed by atoms with Gasteiger partial charge in [0.05, 0.1) is 0 Å². The number of carboxylic acids is 1. The van der Waals surface area contributed by atoms with Gasteiger partial charge >= 0.3 is 5.97 Å². The zero-order valence-corrected chi connectivity index (χ0v) is 17.6. The molecule has 1 aromatic carbocycles. The SMILES string of the molecule is Nc1nc(C(=NOCc2ccccc2)C(=O)NC2C(=O)N3C(C(=O)O)=CCS[C@H]23)cs1. The minimum absolute atomic E-state index is 0.0772. The average Bonchev–Trinajstić information content (AvgIpc) is 3.20. The standard InChI is InChI=1S/C19H17N5O5S2/c20-19-21-11(9-31-19)13(23-29-8-10-4-2-1-3-5-10)15(25)22-14-16(26)24-12(18(27)28)6-7-30-17(14)24/h1-6,9,14,17H,7-8H2,(H2,20,21)(H,22,25)(H,27,28)/t14?,17-/m1/s1. The summed E-state index contributed by atoms with van der Waals surface area (Å²) < 4.78 is 0. The van der Waals surface area contributed by atoms with Gasteiger partial charge in [-0.15, -0.1) is 23.1 Å². The molecule has 2 aromatic rings. The van der Waals surface area contributed by atoms with Gasteiger partial charge in [0, 0.05) is 11.1 Å². The van der Waals surface area contributed by atoms with E-state index in [2.05, 4.69) is 15.5 Å². The Hall–Kier alpha value is -3.38. The first kappa shape index (κ1) is 20.9. The van der Waals surface area contributed by atoms with Gasteiger partial charge in [-0.05, 0) is 11.6 Å². The first-order valence-electron chi connectivity index (χ1n) is 9.10. The summed E-state index contributed by atoms with van der Waals surface area (Å²) in [4.78, 5) is 47.4. The van der Waals surface area contributed by atoms with E-state index in [0.717, 1.165) is 16.9 Å². The van der Waals surface area contributed by atoms with E-state index in [-0.39, 0.29) is 28.8 Å². The predicted octanol–water partition coefficient (Wildman–Crippen LogP) is 1.01. The summed E-state index contributed by atoms with van der Waals surface area (Å²) in [6.07, 6.45) is 1.47. The molecule has 2 atom stereocenters. The van der Waals surface area contributed by atoms with E-state index >= 15 is 0 Å². The van der Waals surface area contributed by atoms with Crippen LogP contribution in [0.25, 0.3) is 0 Å². The number of carbonyl (C=O) groups is 3. The number of rotatable bonds is 7. The molecule has 3 heterocycles. The van der Waals surface area contributed by atoms with Crippen molar-refractivity contribution in [2.24, 2.45) is 5.16 Å². The molecule has 4 N–H and O–H groups in total. The van der Waals surface area contributed by atoms with Crippen LogP contribution in [0.2, 0.25) is 0 Å². The topological polar surface area (TPSA) is 147 Å². The van der Waals surface area contributed by atoms with Gasteiger partial charge in [-0.25, -0.2) is 9.78 Å². The van der Waals surface area contributed by atoms with Crippen molar-refractivity contribution in [3.63, 3.8) is 0 Å². The Morgan fingerprint density at radius 2 is 2.13 bits per heavy atom. The largest absolute Gasteiger partial charge is 0.477 e. The lowest BCUT2D eigenvalue weighted by molar-refractivity contribution is -0.150. The number of nitrogen functional groups attached to an aromatic ring is 1. The molecule has 10 nitrogen and oxygen atoms in total. The minimum atomic E-state index is -1.18. The third-order valence-corrected chi connectivity index (χ3v) is 6.42. The van der Waals surface area contributed by atoms with Crippen LogP contribution >= 0.6 is 23.1 Å². The normalized spacial score (nSPS) is 20.4. The number of thiazole rings is 1. The zero-order valence-electron chi connectivity index (χ0n) is 15.9. The van der Waals surface area contributed by atoms with E-state index in [1.807, 2.05) is 30.3 Å². The van der Waals surface area contributed by atoms with Gasteiger partial charge in [-0.2, -0.15) is 0 Å². The number of aromatic nitrogens is 1. The van der Waals surface area contributed by atoms with Crippen molar-refractivity contribution in [1.82, 2.24) is 15.2 Å². The summed E-state index contributed by atoms with van der Waals surface area (Å²) in [7, 11) is 0. The third kappa shape index (κ3) is 4.25. The van der Waals surface area contributed by atoms with Crippen LogP contribution in [0, 0.1) is 0 Å². The summed E-state index contributed by atoms with van der Waals surface area (Å²) >= 11 is 2.50. The highest BCUT2D eigenvalue weighted by Crippen LogP contribution is 2.37. The third-order valence-electron chi connectivity index (χ3n) is 4.56. The molecular formula is C19H17N5O5S2. The summed E-state index contributed by atoms with van der Waals surface area (Å²) in [5, 5.41) is 17.1. The highest BCUT2D eigenvalue weighted by molar-refractivity contribution is 8.00. The Morgan fingerprint density at radius 3 is 2.81 bits per heavy atom. The Labute approximate surface area is 184 Å². The van der Waals surface area contributed by atoms with Crippen molar-refractivity contribution < 1.29 is 24.3 Å². The lowest BCUT2D eigenvalue weighted by Crippen LogP contribution is -2.70. The maximum atomic E-state index is 12.9. The van der Waals surface area contributed by atoms with Crippen LogP contribution in [0.5, 0.6) is 0 Å². The summed E-state index contributed by atoms with van der Waals surface area (Å²) in [5.41, 5.74) is 6.57. The lowest BCUT2D eigenvalue weighted by atomic mass is 10.0. The van der Waals surface area contributed by atoms with Crippen molar-refractivity contribution in [1.29, 1.82) is 0 Å². The van der Waals surface area contributed by atoms with Gasteiger partial charge < -0.3 is 21.0 Å². The number of nitrogens with two attached hydrogens (primary N) is 1. The number of carbonyl (C=O) groups excluding carboxylic acids is 2. The van der Waals surface area contributed by atoms with Gasteiger partial charge in [0.2, 0.25) is 0 Å². The van der Waals surface area contributed by atoms with Gasteiger partial charge in [-0.3, -0.25) is 14.5 Å². The Morgan fingerprint density at radius 1 is 1.35 bits per heavy atom. The van der Waals surface area contributed by atoms with Crippen LogP contribution in [0.4, 0.5) is 5.13 Å². The van der Waals surface area contributed by atoms with E-state index in [4.69, 9.17) is 10.6 Å². The fraction of sp³-hybridized carbons (Fsp3) is 0.211. The smallest absolute Gasteiger partial charge is 0.352 e. The Kier molecular flexibility index (Phi) is 5.91. The number of hydrogen-bond acceptors (Lipinski definition) is 9. The number of amides is 2. The summed E-state index contributed by atoms with van der Waals surface area (Å²) in [6.45, 7) is 0.138. The van der Waals surface area contributed by atoms with E-state index in [0.29, 0.717) is 5.75 Å². The molecule has 0 spiro atoms. The highest BCUT2D eigenvalue weighted by Gasteiger charge is 2.53. The second-order valence-corrected chi connectivity index (χ2v) is 8.59. The van der Waals surface area contributed by atoms with E-state index in [1.54, 1.807) is 5.38 Å². The first-order valence-corrected chi connectivity index (χ1v) is 11.0. The number of carboxylic acid groups (broad SMARTS) is 1. The fourth-order valence-electron chi connectivity index (χ4n) is 3.09. The number of hydrogen-bond donors (Lipinski definition) is 3. The number of aliphatic carboxylic acids is 1. The molecule has 1 fully saturated rings. The minimum Gasteiger partial charge on any atom is -0.477 e. The monoisotopic (exact) mass is 459 g/mol. The second-order valence-electron chi connectivity index (χ2n) is 6.55. The van der Waals surface area contributed by atoms with Crippen LogP contribution in [0.15, 0.2) is 52.6 Å². The molecule has 1 unspecified atom stereocenters. The zero-order chi connectivity index (χ0) is 22.0. The van der Waals surface area contributed by atoms with Crippen LogP contribution in [-0.2, 0) is 25.8 Å². The molecule has 0 bridgehead atoms. The molecule has 1 aromatic heterocycles. The molecule has 2 amide bonds. The lowest BCUT2D eigenvalue weighted by Gasteiger charge is -2.48. The Bertz CT molecular complexity index is 1080. The molecule has 12 heteroatoms. The van der Waals surface area contributed by atoms with Crippen LogP contribution in [0.3, 0.4) is 0 Å². The number of oxime groups is 1. The van der Waals surface area contributed by atoms with Gasteiger partial charge in [-0.1, -0.05) is 35.5 Å². The fourth-order valence-corrected chi connectivity index (χ4v) is 4.84. The van der Waals surface area contributed by atoms with Gasteiger partial charge in [0.25, 0.3) is 11.8 Å². The number of β-lactam (4-membered cyclic amide) rings is 1. The molecule has 0 saturated carbocycles. The van der Waals surface area contributed by atoms with Crippen molar-refractivity contribution in [3.05, 3.63) is 58.7 Å². The van der Waals surface area contributed by atoms with Crippen molar-refractivity contribution in [2.75, 3.05) is 11.5 Å². The van der Waals surface area contributed by atoms with Gasteiger partial charge in [0.15, 0.2) is 10.8 Å². The summed E-state index contributed by atoms with van der Waals surface area (Å²) in [5.74, 6) is -1.92. The molecule has 160 valence electrons. The molecule has 0 aliphatic carbocycles. The molecule has 1 saturated heterocycles. The van der Waals surface area contributed by atoms with E-state index < -0.39 is 29.2 Å². The van der Waals surface area contributed by atoms with E-state index in [1.165, 1.54) is 22.7 Å². The predicted molar refractivity (Wildman–Crippen MR) is 115 cm³/mol. The van der Waals surface area contributed by atoms with Crippen molar-refractivity contribution in [2.45, 2.75) is 18.0 Å². The summed E-state index contributed by atoms with van der Waals surface area (Å²) in [6, 6.07) is 8.41. The second kappa shape index (κ2) is 8.78. The Balaban J connectivity index is 1.49. The number of thioether (sulfide) groups is 1. The average molecular weight is 460 g/mol. The number of anilines is 1. The number of nitrogens with zero attached hydrogens (tertiary/aromatic N) is 3. The van der Waals surface area contributed by atoms with Crippen LogP contribution in [-0.4, -0.2) is 55.7 Å². The quantitative estimate of drug-likeness (QED) is 0.316. The first-order chi connectivity index (χ1) is 15.0. The molecular weight excluding hydrogens is 442 g/mol. The molecule has 4 rings (SSSR count). The highest BCUT2D eigenvalue weighted by atomic mass is 32.2.